The summed E-state index contributed by atoms with van der Waals surface area (Å²) in [5.41, 5.74) is 4.75. The van der Waals surface area contributed by atoms with Crippen molar-refractivity contribution >= 4 is 0 Å². The third-order valence-electron chi connectivity index (χ3n) is 2.91. The van der Waals surface area contributed by atoms with Crippen LogP contribution in [0.1, 0.15) is 22.3 Å². The standard InChI is InChI=1S/C16H19NO/c1-13-4-2-5-14(8-13)10-17-11-15-6-3-7-16(9-15)12-18/h2-9,17-18H,10-12H2,1H3. The van der Waals surface area contributed by atoms with Gasteiger partial charge in [-0.05, 0) is 23.6 Å². The number of nitrogens with one attached hydrogen (secondary N) is 1. The summed E-state index contributed by atoms with van der Waals surface area (Å²) in [5, 5.41) is 12.5. The van der Waals surface area contributed by atoms with Gasteiger partial charge in [0.2, 0.25) is 0 Å². The Morgan fingerprint density at radius 1 is 0.889 bits per heavy atom. The van der Waals surface area contributed by atoms with Crippen LogP contribution in [-0.2, 0) is 19.7 Å². The van der Waals surface area contributed by atoms with Gasteiger partial charge in [-0.15, -0.1) is 0 Å². The molecule has 0 aliphatic heterocycles. The van der Waals surface area contributed by atoms with Crippen LogP contribution in [0.3, 0.4) is 0 Å². The van der Waals surface area contributed by atoms with Crippen molar-refractivity contribution in [1.29, 1.82) is 0 Å². The zero-order valence-electron chi connectivity index (χ0n) is 10.7. The highest BCUT2D eigenvalue weighted by molar-refractivity contribution is 5.24. The Balaban J connectivity index is 1.88. The van der Waals surface area contributed by atoms with Gasteiger partial charge < -0.3 is 10.4 Å². The van der Waals surface area contributed by atoms with E-state index in [1.54, 1.807) is 0 Å². The minimum absolute atomic E-state index is 0.103. The van der Waals surface area contributed by atoms with Crippen LogP contribution in [0.25, 0.3) is 0 Å². The van der Waals surface area contributed by atoms with E-state index in [4.69, 9.17) is 5.11 Å². The first-order valence-corrected chi connectivity index (χ1v) is 6.23. The van der Waals surface area contributed by atoms with Crippen LogP contribution in [-0.4, -0.2) is 5.11 Å². The van der Waals surface area contributed by atoms with E-state index in [1.165, 1.54) is 16.7 Å². The molecule has 2 heteroatoms. The van der Waals surface area contributed by atoms with Crippen molar-refractivity contribution in [2.24, 2.45) is 0 Å². The van der Waals surface area contributed by atoms with E-state index in [-0.39, 0.29) is 6.61 Å². The lowest BCUT2D eigenvalue weighted by atomic mass is 10.1. The predicted octanol–water partition coefficient (Wildman–Crippen LogP) is 2.78. The number of hydrogen-bond acceptors (Lipinski definition) is 2. The van der Waals surface area contributed by atoms with Crippen molar-refractivity contribution < 1.29 is 5.11 Å². The van der Waals surface area contributed by atoms with Crippen LogP contribution in [0.15, 0.2) is 48.5 Å². The Morgan fingerprint density at radius 2 is 1.50 bits per heavy atom. The molecule has 94 valence electrons. The van der Waals surface area contributed by atoms with E-state index < -0.39 is 0 Å². The van der Waals surface area contributed by atoms with Gasteiger partial charge in [-0.25, -0.2) is 0 Å². The molecule has 2 aromatic rings. The van der Waals surface area contributed by atoms with Crippen molar-refractivity contribution in [1.82, 2.24) is 5.32 Å². The van der Waals surface area contributed by atoms with E-state index in [1.807, 2.05) is 18.2 Å². The molecule has 2 N–H and O–H groups in total. The molecule has 0 heterocycles. The van der Waals surface area contributed by atoms with Gasteiger partial charge in [-0.3, -0.25) is 0 Å². The zero-order valence-corrected chi connectivity index (χ0v) is 10.7. The fourth-order valence-electron chi connectivity index (χ4n) is 2.01. The number of aryl methyl sites for hydroxylation is 1. The van der Waals surface area contributed by atoms with Crippen LogP contribution in [0.2, 0.25) is 0 Å². The average molecular weight is 241 g/mol. The molecule has 2 nitrogen and oxygen atoms in total. The van der Waals surface area contributed by atoms with Gasteiger partial charge in [0.1, 0.15) is 0 Å². The summed E-state index contributed by atoms with van der Waals surface area (Å²) in [7, 11) is 0. The highest BCUT2D eigenvalue weighted by Gasteiger charge is 1.96. The van der Waals surface area contributed by atoms with Crippen LogP contribution in [0.5, 0.6) is 0 Å². The first-order chi connectivity index (χ1) is 8.78. The quantitative estimate of drug-likeness (QED) is 0.843. The maximum Gasteiger partial charge on any atom is 0.0681 e. The molecule has 0 spiro atoms. The molecule has 0 fully saturated rings. The van der Waals surface area contributed by atoms with Gasteiger partial charge in [-0.1, -0.05) is 54.1 Å². The van der Waals surface area contributed by atoms with Gasteiger partial charge in [0, 0.05) is 13.1 Å². The SMILES string of the molecule is Cc1cccc(CNCc2cccc(CO)c2)c1. The molecule has 0 bridgehead atoms. The highest BCUT2D eigenvalue weighted by Crippen LogP contribution is 2.06. The minimum Gasteiger partial charge on any atom is -0.392 e. The zero-order chi connectivity index (χ0) is 12.8. The third-order valence-corrected chi connectivity index (χ3v) is 2.91. The van der Waals surface area contributed by atoms with Gasteiger partial charge in [0.15, 0.2) is 0 Å². The van der Waals surface area contributed by atoms with Crippen molar-refractivity contribution in [2.75, 3.05) is 0 Å². The van der Waals surface area contributed by atoms with Crippen molar-refractivity contribution in [3.63, 3.8) is 0 Å². The van der Waals surface area contributed by atoms with Gasteiger partial charge in [0.25, 0.3) is 0 Å². The van der Waals surface area contributed by atoms with Crippen LogP contribution in [0.4, 0.5) is 0 Å². The Bertz CT molecular complexity index is 508. The predicted molar refractivity (Wildman–Crippen MR) is 74.1 cm³/mol. The second kappa shape index (κ2) is 6.34. The molecule has 0 radical (unpaired) electrons. The molecule has 2 aromatic carbocycles. The summed E-state index contributed by atoms with van der Waals surface area (Å²) in [5.74, 6) is 0. The van der Waals surface area contributed by atoms with Gasteiger partial charge in [-0.2, -0.15) is 0 Å². The molecule has 18 heavy (non-hydrogen) atoms. The summed E-state index contributed by atoms with van der Waals surface area (Å²) in [6, 6.07) is 16.5. The lowest BCUT2D eigenvalue weighted by Crippen LogP contribution is -2.12. The minimum atomic E-state index is 0.103. The molecule has 0 amide bonds. The largest absolute Gasteiger partial charge is 0.392 e. The van der Waals surface area contributed by atoms with Crippen LogP contribution in [0, 0.1) is 6.92 Å². The van der Waals surface area contributed by atoms with Crippen molar-refractivity contribution in [3.8, 4) is 0 Å². The smallest absolute Gasteiger partial charge is 0.0681 e. The van der Waals surface area contributed by atoms with Crippen LogP contribution < -0.4 is 5.32 Å². The van der Waals surface area contributed by atoms with E-state index in [9.17, 15) is 0 Å². The van der Waals surface area contributed by atoms with Crippen molar-refractivity contribution in [2.45, 2.75) is 26.6 Å². The number of hydrogen-bond donors (Lipinski definition) is 2. The molecule has 0 aliphatic rings. The lowest BCUT2D eigenvalue weighted by molar-refractivity contribution is 0.281. The molecule has 0 unspecified atom stereocenters. The number of aliphatic hydroxyl groups is 1. The fraction of sp³-hybridized carbons (Fsp3) is 0.250. The fourth-order valence-corrected chi connectivity index (χ4v) is 2.01. The monoisotopic (exact) mass is 241 g/mol. The first kappa shape index (κ1) is 12.8. The Labute approximate surface area is 108 Å². The molecule has 0 atom stereocenters. The molecular weight excluding hydrogens is 222 g/mol. The summed E-state index contributed by atoms with van der Waals surface area (Å²) >= 11 is 0. The Kier molecular flexibility index (Phi) is 4.51. The molecule has 0 aliphatic carbocycles. The van der Waals surface area contributed by atoms with E-state index in [0.29, 0.717) is 0 Å². The van der Waals surface area contributed by atoms with Gasteiger partial charge in [0.05, 0.1) is 6.61 Å². The highest BCUT2D eigenvalue weighted by atomic mass is 16.3. The topological polar surface area (TPSA) is 32.3 Å². The van der Waals surface area contributed by atoms with Crippen LogP contribution >= 0.6 is 0 Å². The van der Waals surface area contributed by atoms with Crippen molar-refractivity contribution in [3.05, 3.63) is 70.8 Å². The summed E-state index contributed by atoms with van der Waals surface area (Å²) < 4.78 is 0. The van der Waals surface area contributed by atoms with E-state index >= 15 is 0 Å². The van der Waals surface area contributed by atoms with E-state index in [0.717, 1.165) is 18.7 Å². The maximum atomic E-state index is 9.08. The van der Waals surface area contributed by atoms with E-state index in [2.05, 4.69) is 42.6 Å². The molecule has 0 saturated heterocycles. The maximum absolute atomic E-state index is 9.08. The third kappa shape index (κ3) is 3.69. The molecule has 0 saturated carbocycles. The molecular formula is C16H19NO. The molecule has 2 rings (SSSR count). The summed E-state index contributed by atoms with van der Waals surface area (Å²) in [4.78, 5) is 0. The second-order valence-electron chi connectivity index (χ2n) is 4.57. The average Bonchev–Trinajstić information content (AvgIpc) is 2.39. The lowest BCUT2D eigenvalue weighted by Gasteiger charge is -2.07. The number of rotatable bonds is 5. The summed E-state index contributed by atoms with van der Waals surface area (Å²) in [6.07, 6.45) is 0. The van der Waals surface area contributed by atoms with Gasteiger partial charge >= 0.3 is 0 Å². The Hall–Kier alpha value is -1.64. The first-order valence-electron chi connectivity index (χ1n) is 6.23. The normalized spacial score (nSPS) is 10.6. The summed E-state index contributed by atoms with van der Waals surface area (Å²) in [6.45, 7) is 3.90. The molecule has 0 aromatic heterocycles. The number of aliphatic hydroxyl groups excluding tert-OH is 1. The second-order valence-corrected chi connectivity index (χ2v) is 4.57. The Morgan fingerprint density at radius 3 is 2.17 bits per heavy atom. The number of benzene rings is 2.